The summed E-state index contributed by atoms with van der Waals surface area (Å²) in [6.07, 6.45) is 3.45. The number of carbonyl (C=O) groups excluding carboxylic acids is 1. The molecular weight excluding hydrogens is 308 g/mol. The monoisotopic (exact) mass is 330 g/mol. The molecule has 6 heteroatoms. The maximum absolute atomic E-state index is 12.0. The Balaban J connectivity index is 1.57. The van der Waals surface area contributed by atoms with E-state index in [1.807, 2.05) is 24.3 Å². The Morgan fingerprint density at radius 1 is 1.38 bits per heavy atom. The van der Waals surface area contributed by atoms with Crippen molar-refractivity contribution in [3.05, 3.63) is 47.9 Å². The minimum atomic E-state index is -0.0633. The predicted octanol–water partition coefficient (Wildman–Crippen LogP) is 2.41. The molecule has 128 valence electrons. The normalized spacial score (nSPS) is 16.6. The van der Waals surface area contributed by atoms with Crippen LogP contribution in [0, 0.1) is 0 Å². The van der Waals surface area contributed by atoms with Gasteiger partial charge in [-0.05, 0) is 31.0 Å². The van der Waals surface area contributed by atoms with Crippen LogP contribution in [0.5, 0.6) is 11.5 Å². The molecule has 1 aliphatic rings. The smallest absolute Gasteiger partial charge is 0.234 e. The van der Waals surface area contributed by atoms with Crippen molar-refractivity contribution in [1.29, 1.82) is 0 Å². The van der Waals surface area contributed by atoms with Crippen LogP contribution in [-0.4, -0.2) is 26.2 Å². The van der Waals surface area contributed by atoms with E-state index in [1.165, 1.54) is 0 Å². The first-order chi connectivity index (χ1) is 11.8. The molecule has 2 heterocycles. The zero-order chi connectivity index (χ0) is 16.8. The molecule has 1 aromatic heterocycles. The molecule has 1 aliphatic heterocycles. The number of hydrogen-bond acceptors (Lipinski definition) is 5. The SMILES string of the molecule is COc1ccc2c(c1)OCCCC2NCC(=O)NCc1ccco1. The quantitative estimate of drug-likeness (QED) is 0.851. The molecule has 0 radical (unpaired) electrons. The largest absolute Gasteiger partial charge is 0.497 e. The van der Waals surface area contributed by atoms with Crippen LogP contribution in [0.25, 0.3) is 0 Å². The van der Waals surface area contributed by atoms with Crippen LogP contribution in [0.1, 0.15) is 30.2 Å². The van der Waals surface area contributed by atoms with Crippen LogP contribution < -0.4 is 20.1 Å². The summed E-state index contributed by atoms with van der Waals surface area (Å²) in [4.78, 5) is 12.0. The molecular formula is C18H22N2O4. The molecule has 1 unspecified atom stereocenters. The number of hydrogen-bond donors (Lipinski definition) is 2. The minimum Gasteiger partial charge on any atom is -0.497 e. The Kier molecular flexibility index (Phi) is 5.38. The molecule has 6 nitrogen and oxygen atoms in total. The van der Waals surface area contributed by atoms with E-state index < -0.39 is 0 Å². The van der Waals surface area contributed by atoms with E-state index in [1.54, 1.807) is 19.4 Å². The highest BCUT2D eigenvalue weighted by Gasteiger charge is 2.20. The third kappa shape index (κ3) is 4.08. The lowest BCUT2D eigenvalue weighted by molar-refractivity contribution is -0.120. The molecule has 0 saturated carbocycles. The van der Waals surface area contributed by atoms with Gasteiger partial charge in [-0.1, -0.05) is 6.07 Å². The first-order valence-corrected chi connectivity index (χ1v) is 8.09. The fraction of sp³-hybridized carbons (Fsp3) is 0.389. The Labute approximate surface area is 141 Å². The van der Waals surface area contributed by atoms with Gasteiger partial charge in [-0.25, -0.2) is 0 Å². The molecule has 3 rings (SSSR count). The zero-order valence-corrected chi connectivity index (χ0v) is 13.7. The fourth-order valence-corrected chi connectivity index (χ4v) is 2.77. The molecule has 1 atom stereocenters. The van der Waals surface area contributed by atoms with Gasteiger partial charge in [-0.3, -0.25) is 4.79 Å². The molecule has 0 fully saturated rings. The van der Waals surface area contributed by atoms with Crippen LogP contribution >= 0.6 is 0 Å². The van der Waals surface area contributed by atoms with Crippen molar-refractivity contribution in [2.24, 2.45) is 0 Å². The second-order valence-electron chi connectivity index (χ2n) is 5.68. The summed E-state index contributed by atoms with van der Waals surface area (Å²) >= 11 is 0. The summed E-state index contributed by atoms with van der Waals surface area (Å²) in [6, 6.07) is 9.53. The van der Waals surface area contributed by atoms with Crippen LogP contribution in [0.2, 0.25) is 0 Å². The first-order valence-electron chi connectivity index (χ1n) is 8.09. The Morgan fingerprint density at radius 2 is 2.29 bits per heavy atom. The summed E-state index contributed by atoms with van der Waals surface area (Å²) < 4.78 is 16.2. The van der Waals surface area contributed by atoms with E-state index in [0.717, 1.165) is 35.7 Å². The summed E-state index contributed by atoms with van der Waals surface area (Å²) in [6.45, 7) is 1.31. The number of furan rings is 1. The van der Waals surface area contributed by atoms with Gasteiger partial charge >= 0.3 is 0 Å². The highest BCUT2D eigenvalue weighted by molar-refractivity contribution is 5.78. The lowest BCUT2D eigenvalue weighted by Crippen LogP contribution is -2.35. The van der Waals surface area contributed by atoms with Crippen molar-refractivity contribution in [3.8, 4) is 11.5 Å². The number of fused-ring (bicyclic) bond motifs is 1. The molecule has 2 aromatic rings. The highest BCUT2D eigenvalue weighted by Crippen LogP contribution is 2.34. The summed E-state index contributed by atoms with van der Waals surface area (Å²) in [7, 11) is 1.64. The van der Waals surface area contributed by atoms with Gasteiger partial charge in [-0.2, -0.15) is 0 Å². The van der Waals surface area contributed by atoms with E-state index in [4.69, 9.17) is 13.9 Å². The van der Waals surface area contributed by atoms with Crippen molar-refractivity contribution in [2.75, 3.05) is 20.3 Å². The van der Waals surface area contributed by atoms with Gasteiger partial charge in [0.1, 0.15) is 17.3 Å². The second-order valence-corrected chi connectivity index (χ2v) is 5.68. The number of amides is 1. The van der Waals surface area contributed by atoms with E-state index in [9.17, 15) is 4.79 Å². The topological polar surface area (TPSA) is 72.7 Å². The van der Waals surface area contributed by atoms with Crippen molar-refractivity contribution in [3.63, 3.8) is 0 Å². The van der Waals surface area contributed by atoms with E-state index in [2.05, 4.69) is 10.6 Å². The number of nitrogens with one attached hydrogen (secondary N) is 2. The summed E-state index contributed by atoms with van der Waals surface area (Å²) in [5.41, 5.74) is 1.06. The number of benzene rings is 1. The van der Waals surface area contributed by atoms with Gasteiger partial charge < -0.3 is 24.5 Å². The maximum atomic E-state index is 12.0. The van der Waals surface area contributed by atoms with Crippen molar-refractivity contribution >= 4 is 5.91 Å². The number of rotatable bonds is 6. The third-order valence-corrected chi connectivity index (χ3v) is 4.04. The lowest BCUT2D eigenvalue weighted by Gasteiger charge is -2.18. The molecule has 1 aromatic carbocycles. The van der Waals surface area contributed by atoms with E-state index in [-0.39, 0.29) is 18.5 Å². The molecule has 24 heavy (non-hydrogen) atoms. The van der Waals surface area contributed by atoms with Gasteiger partial charge in [0.25, 0.3) is 0 Å². The molecule has 0 aliphatic carbocycles. The molecule has 2 N–H and O–H groups in total. The molecule has 0 bridgehead atoms. The molecule has 1 amide bonds. The Hall–Kier alpha value is -2.47. The lowest BCUT2D eigenvalue weighted by atomic mass is 10.0. The van der Waals surface area contributed by atoms with Crippen molar-refractivity contribution in [2.45, 2.75) is 25.4 Å². The number of methoxy groups -OCH3 is 1. The summed E-state index contributed by atoms with van der Waals surface area (Å²) in [5, 5.41) is 6.16. The van der Waals surface area contributed by atoms with Gasteiger partial charge in [0.15, 0.2) is 0 Å². The van der Waals surface area contributed by atoms with E-state index >= 15 is 0 Å². The van der Waals surface area contributed by atoms with Gasteiger partial charge in [0.05, 0.1) is 33.1 Å². The fourth-order valence-electron chi connectivity index (χ4n) is 2.77. The predicted molar refractivity (Wildman–Crippen MR) is 89.0 cm³/mol. The van der Waals surface area contributed by atoms with Crippen molar-refractivity contribution in [1.82, 2.24) is 10.6 Å². The maximum Gasteiger partial charge on any atom is 0.234 e. The van der Waals surface area contributed by atoms with Gasteiger partial charge in [0, 0.05) is 17.7 Å². The standard InChI is InChI=1S/C18H22N2O4/c1-22-13-6-7-15-16(5-3-9-24-17(15)10-13)19-12-18(21)20-11-14-4-2-8-23-14/h2,4,6-8,10,16,19H,3,5,9,11-12H2,1H3,(H,20,21). The molecule has 0 saturated heterocycles. The van der Waals surface area contributed by atoms with Crippen molar-refractivity contribution < 1.29 is 18.7 Å². The highest BCUT2D eigenvalue weighted by atomic mass is 16.5. The number of carbonyl (C=O) groups is 1. The van der Waals surface area contributed by atoms with Gasteiger partial charge in [0.2, 0.25) is 5.91 Å². The van der Waals surface area contributed by atoms with Crippen LogP contribution in [0.4, 0.5) is 0 Å². The average molecular weight is 330 g/mol. The third-order valence-electron chi connectivity index (χ3n) is 4.04. The van der Waals surface area contributed by atoms with Crippen LogP contribution in [0.15, 0.2) is 41.0 Å². The summed E-state index contributed by atoms with van der Waals surface area (Å²) in [5.74, 6) is 2.27. The first kappa shape index (κ1) is 16.4. The van der Waals surface area contributed by atoms with Gasteiger partial charge in [-0.15, -0.1) is 0 Å². The van der Waals surface area contributed by atoms with E-state index in [0.29, 0.717) is 13.2 Å². The molecule has 0 spiro atoms. The Bertz CT molecular complexity index is 670. The number of ether oxygens (including phenoxy) is 2. The second kappa shape index (κ2) is 7.88. The Morgan fingerprint density at radius 3 is 3.08 bits per heavy atom. The van der Waals surface area contributed by atoms with Crippen LogP contribution in [-0.2, 0) is 11.3 Å². The zero-order valence-electron chi connectivity index (χ0n) is 13.7. The minimum absolute atomic E-state index is 0.0633. The van der Waals surface area contributed by atoms with Crippen LogP contribution in [0.3, 0.4) is 0 Å². The average Bonchev–Trinajstić information content (AvgIpc) is 3.05.